The molecule has 0 aromatic carbocycles. The second-order valence-corrected chi connectivity index (χ2v) is 2.03. The fourth-order valence-electron chi connectivity index (χ4n) is 0.504. The zero-order valence-corrected chi connectivity index (χ0v) is 6.55. The Bertz CT molecular complexity index is 132. The number of rotatable bonds is 3. The smallest absolute Gasteiger partial charge is 0.321 e. The van der Waals surface area contributed by atoms with Crippen LogP contribution in [-0.4, -0.2) is 12.0 Å². The number of nitrogens with one attached hydrogen (secondary N) is 1. The summed E-state index contributed by atoms with van der Waals surface area (Å²) in [6.45, 7) is 5.16. The normalized spacial score (nSPS) is 13.5. The van der Waals surface area contributed by atoms with E-state index in [0.717, 1.165) is 0 Å². The first-order chi connectivity index (χ1) is 4.66. The lowest BCUT2D eigenvalue weighted by molar-refractivity contribution is -0.149. The predicted octanol–water partition coefficient (Wildman–Crippen LogP) is 1.02. The van der Waals surface area contributed by atoms with Crippen LogP contribution in [-0.2, 0) is 9.63 Å². The molecule has 1 atom stereocenters. The van der Waals surface area contributed by atoms with E-state index in [9.17, 15) is 4.79 Å². The predicted molar refractivity (Wildman–Crippen MR) is 39.2 cm³/mol. The molecule has 1 unspecified atom stereocenters. The van der Waals surface area contributed by atoms with E-state index in [1.165, 1.54) is 6.92 Å². The molecule has 0 saturated heterocycles. The lowest BCUT2D eigenvalue weighted by Crippen LogP contribution is -2.26. The molecule has 0 rings (SSSR count). The molecule has 0 bridgehead atoms. The Morgan fingerprint density at radius 3 is 2.70 bits per heavy atom. The molecule has 0 saturated carbocycles. The summed E-state index contributed by atoms with van der Waals surface area (Å²) < 4.78 is 0. The Balaban J connectivity index is 3.39. The fourth-order valence-corrected chi connectivity index (χ4v) is 0.504. The fraction of sp³-hybridized carbons (Fsp3) is 0.571. The average molecular weight is 143 g/mol. The minimum Gasteiger partial charge on any atom is -0.370 e. The van der Waals surface area contributed by atoms with E-state index in [4.69, 9.17) is 0 Å². The highest BCUT2D eigenvalue weighted by molar-refractivity contribution is 5.65. The Hall–Kier alpha value is -0.830. The Morgan fingerprint density at radius 1 is 1.70 bits per heavy atom. The van der Waals surface area contributed by atoms with Gasteiger partial charge in [-0.2, -0.15) is 0 Å². The van der Waals surface area contributed by atoms with E-state index in [0.29, 0.717) is 0 Å². The van der Waals surface area contributed by atoms with E-state index in [1.807, 2.05) is 26.0 Å². The zero-order chi connectivity index (χ0) is 7.98. The lowest BCUT2D eigenvalue weighted by atomic mass is 10.3. The molecule has 0 amide bonds. The molecule has 0 aliphatic carbocycles. The molecular formula is C7H13NO2. The van der Waals surface area contributed by atoms with Gasteiger partial charge in [-0.25, -0.2) is 0 Å². The van der Waals surface area contributed by atoms with Crippen LogP contribution < -0.4 is 5.48 Å². The van der Waals surface area contributed by atoms with Crippen LogP contribution in [0.3, 0.4) is 0 Å². The molecule has 0 aliphatic rings. The molecule has 0 spiro atoms. The highest BCUT2D eigenvalue weighted by atomic mass is 16.7. The lowest BCUT2D eigenvalue weighted by Gasteiger charge is -2.06. The van der Waals surface area contributed by atoms with Gasteiger partial charge in [0, 0.05) is 6.92 Å². The standard InChI is InChI=1S/C7H13NO2/c1-4-5-6(2)8-10-7(3)9/h4-6,8H,1-3H3. The van der Waals surface area contributed by atoms with Crippen LogP contribution in [0.5, 0.6) is 0 Å². The van der Waals surface area contributed by atoms with Crippen LogP contribution in [0.15, 0.2) is 12.2 Å². The van der Waals surface area contributed by atoms with Gasteiger partial charge in [-0.05, 0) is 13.8 Å². The van der Waals surface area contributed by atoms with Crippen LogP contribution in [0.4, 0.5) is 0 Å². The molecule has 0 fully saturated rings. The van der Waals surface area contributed by atoms with Crippen molar-refractivity contribution in [2.45, 2.75) is 26.8 Å². The van der Waals surface area contributed by atoms with Gasteiger partial charge >= 0.3 is 5.97 Å². The minimum atomic E-state index is -0.323. The van der Waals surface area contributed by atoms with Crippen molar-refractivity contribution < 1.29 is 9.63 Å². The zero-order valence-electron chi connectivity index (χ0n) is 6.55. The molecule has 10 heavy (non-hydrogen) atoms. The molecule has 0 heterocycles. The first-order valence-corrected chi connectivity index (χ1v) is 3.22. The largest absolute Gasteiger partial charge is 0.370 e. The molecule has 0 aromatic rings. The van der Waals surface area contributed by atoms with E-state index >= 15 is 0 Å². The van der Waals surface area contributed by atoms with Crippen LogP contribution in [0.1, 0.15) is 20.8 Å². The van der Waals surface area contributed by atoms with Crippen LogP contribution >= 0.6 is 0 Å². The number of hydrogen-bond donors (Lipinski definition) is 1. The molecule has 0 radical (unpaired) electrons. The van der Waals surface area contributed by atoms with E-state index in [1.54, 1.807) is 0 Å². The first-order valence-electron chi connectivity index (χ1n) is 3.22. The first kappa shape index (κ1) is 9.17. The van der Waals surface area contributed by atoms with Gasteiger partial charge in [0.25, 0.3) is 0 Å². The topological polar surface area (TPSA) is 38.3 Å². The number of hydrogen-bond acceptors (Lipinski definition) is 3. The summed E-state index contributed by atoms with van der Waals surface area (Å²) >= 11 is 0. The Labute approximate surface area is 61.0 Å². The summed E-state index contributed by atoms with van der Waals surface area (Å²) in [5.74, 6) is -0.323. The number of carbonyl (C=O) groups is 1. The minimum absolute atomic E-state index is 0.0777. The van der Waals surface area contributed by atoms with Crippen molar-refractivity contribution in [1.82, 2.24) is 5.48 Å². The summed E-state index contributed by atoms with van der Waals surface area (Å²) in [7, 11) is 0. The molecular weight excluding hydrogens is 130 g/mol. The van der Waals surface area contributed by atoms with E-state index in [-0.39, 0.29) is 12.0 Å². The van der Waals surface area contributed by atoms with Gasteiger partial charge in [0.1, 0.15) is 0 Å². The Morgan fingerprint density at radius 2 is 2.30 bits per heavy atom. The van der Waals surface area contributed by atoms with Crippen molar-refractivity contribution in [3.05, 3.63) is 12.2 Å². The van der Waals surface area contributed by atoms with E-state index < -0.39 is 0 Å². The maximum absolute atomic E-state index is 10.2. The maximum atomic E-state index is 10.2. The third-order valence-corrected chi connectivity index (χ3v) is 0.870. The molecule has 0 aliphatic heterocycles. The molecule has 3 nitrogen and oxygen atoms in total. The SMILES string of the molecule is CC=CC(C)NOC(C)=O. The number of allylic oxidation sites excluding steroid dienone is 1. The summed E-state index contributed by atoms with van der Waals surface area (Å²) in [5, 5.41) is 0. The van der Waals surface area contributed by atoms with Gasteiger partial charge in [-0.3, -0.25) is 4.79 Å². The summed E-state index contributed by atoms with van der Waals surface area (Å²) in [6.07, 6.45) is 3.78. The highest BCUT2D eigenvalue weighted by Gasteiger charge is 1.95. The monoisotopic (exact) mass is 143 g/mol. The molecule has 58 valence electrons. The number of hydroxylamine groups is 1. The van der Waals surface area contributed by atoms with Crippen molar-refractivity contribution in [1.29, 1.82) is 0 Å². The van der Waals surface area contributed by atoms with Crippen molar-refractivity contribution in [3.63, 3.8) is 0 Å². The van der Waals surface area contributed by atoms with Gasteiger partial charge in [0.2, 0.25) is 0 Å². The summed E-state index contributed by atoms with van der Waals surface area (Å²) in [6, 6.07) is 0.0777. The highest BCUT2D eigenvalue weighted by Crippen LogP contribution is 1.83. The van der Waals surface area contributed by atoms with Crippen molar-refractivity contribution >= 4 is 5.97 Å². The van der Waals surface area contributed by atoms with Gasteiger partial charge in [0.15, 0.2) is 0 Å². The van der Waals surface area contributed by atoms with Gasteiger partial charge in [-0.1, -0.05) is 12.2 Å². The number of carbonyl (C=O) groups excluding carboxylic acids is 1. The van der Waals surface area contributed by atoms with Gasteiger partial charge in [-0.15, -0.1) is 5.48 Å². The van der Waals surface area contributed by atoms with Gasteiger partial charge < -0.3 is 4.84 Å². The van der Waals surface area contributed by atoms with Crippen LogP contribution in [0.2, 0.25) is 0 Å². The van der Waals surface area contributed by atoms with E-state index in [2.05, 4.69) is 10.3 Å². The second-order valence-electron chi connectivity index (χ2n) is 2.03. The third kappa shape index (κ3) is 5.31. The Kier molecular flexibility index (Phi) is 4.58. The average Bonchev–Trinajstić information content (AvgIpc) is 1.85. The summed E-state index contributed by atoms with van der Waals surface area (Å²) in [4.78, 5) is 14.8. The van der Waals surface area contributed by atoms with Gasteiger partial charge in [0.05, 0.1) is 6.04 Å². The van der Waals surface area contributed by atoms with Crippen molar-refractivity contribution in [3.8, 4) is 0 Å². The molecule has 1 N–H and O–H groups in total. The van der Waals surface area contributed by atoms with Crippen LogP contribution in [0.25, 0.3) is 0 Å². The van der Waals surface area contributed by atoms with Crippen molar-refractivity contribution in [2.24, 2.45) is 0 Å². The third-order valence-electron chi connectivity index (χ3n) is 0.870. The second kappa shape index (κ2) is 4.99. The molecule has 0 aromatic heterocycles. The summed E-state index contributed by atoms with van der Waals surface area (Å²) in [5.41, 5.74) is 2.55. The van der Waals surface area contributed by atoms with Crippen molar-refractivity contribution in [2.75, 3.05) is 0 Å². The van der Waals surface area contributed by atoms with Crippen LogP contribution in [0, 0.1) is 0 Å². The maximum Gasteiger partial charge on any atom is 0.321 e. The molecule has 3 heteroatoms. The quantitative estimate of drug-likeness (QED) is 0.473.